The molecular weight excluding hydrogens is 234 g/mol. The first-order valence-corrected chi connectivity index (χ1v) is 8.67. The molecule has 0 aromatic rings. The van der Waals surface area contributed by atoms with Crippen molar-refractivity contribution < 1.29 is 4.74 Å². The second kappa shape index (κ2) is 4.73. The molecule has 4 unspecified atom stereocenters. The summed E-state index contributed by atoms with van der Waals surface area (Å²) < 4.78 is 6.12. The normalized spacial score (nSPS) is 44.7. The zero-order chi connectivity index (χ0) is 12.9. The fourth-order valence-corrected chi connectivity index (χ4v) is 5.30. The Morgan fingerprint density at radius 3 is 2.58 bits per heavy atom. The number of hydrogen-bond donors (Lipinski definition) is 1. The molecule has 108 valence electrons. The van der Waals surface area contributed by atoms with Gasteiger partial charge in [-0.2, -0.15) is 0 Å². The van der Waals surface area contributed by atoms with Gasteiger partial charge in [0.15, 0.2) is 0 Å². The molecule has 3 saturated carbocycles. The van der Waals surface area contributed by atoms with Crippen molar-refractivity contribution in [1.82, 2.24) is 5.32 Å². The monoisotopic (exact) mass is 263 g/mol. The Labute approximate surface area is 117 Å². The van der Waals surface area contributed by atoms with Crippen molar-refractivity contribution in [3.63, 3.8) is 0 Å². The Hall–Kier alpha value is -0.0800. The summed E-state index contributed by atoms with van der Waals surface area (Å²) in [4.78, 5) is 0. The number of hydrogen-bond acceptors (Lipinski definition) is 2. The van der Waals surface area contributed by atoms with Crippen LogP contribution in [0, 0.1) is 23.7 Å². The van der Waals surface area contributed by atoms with Crippen molar-refractivity contribution in [2.75, 3.05) is 13.2 Å². The molecule has 2 heteroatoms. The highest BCUT2D eigenvalue weighted by Crippen LogP contribution is 2.56. The average molecular weight is 263 g/mol. The van der Waals surface area contributed by atoms with Gasteiger partial charge >= 0.3 is 0 Å². The van der Waals surface area contributed by atoms with Crippen LogP contribution < -0.4 is 5.32 Å². The largest absolute Gasteiger partial charge is 0.375 e. The van der Waals surface area contributed by atoms with E-state index in [4.69, 9.17) is 4.74 Å². The lowest BCUT2D eigenvalue weighted by atomic mass is 9.68. The highest BCUT2D eigenvalue weighted by Gasteiger charge is 2.51. The summed E-state index contributed by atoms with van der Waals surface area (Å²) >= 11 is 0. The standard InChI is InChI=1S/C17H29NO/c1-2-18-16(15-9-13-8-14(13)10-15)12-4-7-19-17(11-12)5-3-6-17/h12-16,18H,2-11H2,1H3. The molecule has 1 aliphatic heterocycles. The van der Waals surface area contributed by atoms with E-state index < -0.39 is 0 Å². The number of rotatable bonds is 4. The molecule has 0 aromatic heterocycles. The third kappa shape index (κ3) is 2.25. The first kappa shape index (κ1) is 12.6. The lowest BCUT2D eigenvalue weighted by molar-refractivity contribution is -0.149. The molecule has 0 amide bonds. The summed E-state index contributed by atoms with van der Waals surface area (Å²) in [6, 6.07) is 0.791. The number of nitrogens with one attached hydrogen (secondary N) is 1. The van der Waals surface area contributed by atoms with E-state index in [0.29, 0.717) is 5.60 Å². The van der Waals surface area contributed by atoms with Gasteiger partial charge in [-0.05, 0) is 81.6 Å². The number of ether oxygens (including phenoxy) is 1. The molecule has 3 aliphatic carbocycles. The van der Waals surface area contributed by atoms with Crippen LogP contribution in [-0.4, -0.2) is 24.8 Å². The van der Waals surface area contributed by atoms with E-state index in [0.717, 1.165) is 42.9 Å². The summed E-state index contributed by atoms with van der Waals surface area (Å²) in [6.45, 7) is 4.44. The van der Waals surface area contributed by atoms with Gasteiger partial charge in [0, 0.05) is 12.6 Å². The Bertz CT molecular complexity index is 328. The molecular formula is C17H29NO. The molecule has 1 saturated heterocycles. The molecule has 0 bridgehead atoms. The first-order valence-electron chi connectivity index (χ1n) is 8.67. The summed E-state index contributed by atoms with van der Waals surface area (Å²) in [5, 5.41) is 3.87. The summed E-state index contributed by atoms with van der Waals surface area (Å²) in [5.74, 6) is 4.09. The maximum Gasteiger partial charge on any atom is 0.0685 e. The van der Waals surface area contributed by atoms with E-state index in [2.05, 4.69) is 12.2 Å². The van der Waals surface area contributed by atoms with Gasteiger partial charge in [-0.3, -0.25) is 0 Å². The minimum atomic E-state index is 0.318. The molecule has 0 radical (unpaired) electrons. The molecule has 1 N–H and O–H groups in total. The Morgan fingerprint density at radius 1 is 1.16 bits per heavy atom. The van der Waals surface area contributed by atoms with Crippen LogP contribution in [0.25, 0.3) is 0 Å². The van der Waals surface area contributed by atoms with E-state index in [1.807, 2.05) is 0 Å². The minimum absolute atomic E-state index is 0.318. The van der Waals surface area contributed by atoms with Crippen LogP contribution in [0.3, 0.4) is 0 Å². The maximum absolute atomic E-state index is 6.12. The molecule has 4 atom stereocenters. The van der Waals surface area contributed by atoms with E-state index in [-0.39, 0.29) is 0 Å². The minimum Gasteiger partial charge on any atom is -0.375 e. The van der Waals surface area contributed by atoms with Gasteiger partial charge in [0.05, 0.1) is 5.60 Å². The van der Waals surface area contributed by atoms with Crippen LogP contribution in [0.5, 0.6) is 0 Å². The molecule has 2 nitrogen and oxygen atoms in total. The van der Waals surface area contributed by atoms with Gasteiger partial charge in [0.2, 0.25) is 0 Å². The van der Waals surface area contributed by atoms with Crippen LogP contribution >= 0.6 is 0 Å². The predicted molar refractivity (Wildman–Crippen MR) is 77.0 cm³/mol. The van der Waals surface area contributed by atoms with Crippen molar-refractivity contribution in [3.05, 3.63) is 0 Å². The predicted octanol–water partition coefficient (Wildman–Crippen LogP) is 3.36. The third-order valence-electron chi connectivity index (χ3n) is 6.53. The van der Waals surface area contributed by atoms with E-state index in [1.54, 1.807) is 6.42 Å². The molecule has 19 heavy (non-hydrogen) atoms. The van der Waals surface area contributed by atoms with Crippen molar-refractivity contribution >= 4 is 0 Å². The zero-order valence-electron chi connectivity index (χ0n) is 12.4. The molecule has 0 aromatic carbocycles. The highest BCUT2D eigenvalue weighted by atomic mass is 16.5. The molecule has 4 rings (SSSR count). The SMILES string of the molecule is CCNC(C1CC2CC2C1)C1CCOC2(CCC2)C1. The smallest absolute Gasteiger partial charge is 0.0685 e. The number of fused-ring (bicyclic) bond motifs is 1. The fourth-order valence-electron chi connectivity index (χ4n) is 5.30. The Kier molecular flexibility index (Phi) is 3.15. The topological polar surface area (TPSA) is 21.3 Å². The van der Waals surface area contributed by atoms with Crippen molar-refractivity contribution in [2.45, 2.75) is 69.9 Å². The van der Waals surface area contributed by atoms with Crippen molar-refractivity contribution in [2.24, 2.45) is 23.7 Å². The van der Waals surface area contributed by atoms with Gasteiger partial charge in [-0.1, -0.05) is 6.92 Å². The second-order valence-electron chi connectivity index (χ2n) is 7.71. The first-order chi connectivity index (χ1) is 9.30. The van der Waals surface area contributed by atoms with Crippen LogP contribution in [0.15, 0.2) is 0 Å². The van der Waals surface area contributed by atoms with E-state index in [1.165, 1.54) is 44.9 Å². The van der Waals surface area contributed by atoms with Gasteiger partial charge in [-0.25, -0.2) is 0 Å². The molecule has 4 fully saturated rings. The molecule has 4 aliphatic rings. The van der Waals surface area contributed by atoms with Gasteiger partial charge in [0.1, 0.15) is 0 Å². The van der Waals surface area contributed by atoms with Crippen LogP contribution in [-0.2, 0) is 4.74 Å². The van der Waals surface area contributed by atoms with E-state index in [9.17, 15) is 0 Å². The zero-order valence-corrected chi connectivity index (χ0v) is 12.4. The fraction of sp³-hybridized carbons (Fsp3) is 1.00. The summed E-state index contributed by atoms with van der Waals surface area (Å²) in [5.41, 5.74) is 0.318. The van der Waals surface area contributed by atoms with Crippen molar-refractivity contribution in [3.8, 4) is 0 Å². The lowest BCUT2D eigenvalue weighted by Crippen LogP contribution is -2.52. The summed E-state index contributed by atoms with van der Waals surface area (Å²) in [7, 11) is 0. The quantitative estimate of drug-likeness (QED) is 0.840. The van der Waals surface area contributed by atoms with Gasteiger partial charge in [0.25, 0.3) is 0 Å². The summed E-state index contributed by atoms with van der Waals surface area (Å²) in [6.07, 6.45) is 11.3. The van der Waals surface area contributed by atoms with Crippen LogP contribution in [0.1, 0.15) is 58.3 Å². The Morgan fingerprint density at radius 2 is 1.95 bits per heavy atom. The Balaban J connectivity index is 1.43. The molecule has 1 heterocycles. The third-order valence-corrected chi connectivity index (χ3v) is 6.53. The van der Waals surface area contributed by atoms with Gasteiger partial charge < -0.3 is 10.1 Å². The highest BCUT2D eigenvalue weighted by molar-refractivity contribution is 5.03. The maximum atomic E-state index is 6.12. The second-order valence-corrected chi connectivity index (χ2v) is 7.71. The molecule has 1 spiro atoms. The average Bonchev–Trinajstić information content (AvgIpc) is 3.01. The van der Waals surface area contributed by atoms with Crippen LogP contribution in [0.2, 0.25) is 0 Å². The van der Waals surface area contributed by atoms with Gasteiger partial charge in [-0.15, -0.1) is 0 Å². The lowest BCUT2D eigenvalue weighted by Gasteiger charge is -2.49. The van der Waals surface area contributed by atoms with Crippen molar-refractivity contribution in [1.29, 1.82) is 0 Å². The van der Waals surface area contributed by atoms with E-state index >= 15 is 0 Å². The van der Waals surface area contributed by atoms with Crippen LogP contribution in [0.4, 0.5) is 0 Å².